The van der Waals surface area contributed by atoms with Gasteiger partial charge in [0.25, 0.3) is 0 Å². The lowest BCUT2D eigenvalue weighted by Gasteiger charge is -2.14. The molecule has 0 aliphatic carbocycles. The smallest absolute Gasteiger partial charge is 0.115 e. The highest BCUT2D eigenvalue weighted by Gasteiger charge is 2.08. The Balaban J connectivity index is 3.23. The molecule has 0 radical (unpaired) electrons. The first-order chi connectivity index (χ1) is 6.06. The summed E-state index contributed by atoms with van der Waals surface area (Å²) in [5, 5.41) is 0. The van der Waals surface area contributed by atoms with E-state index in [1.165, 1.54) is 16.7 Å². The Bertz CT molecular complexity index is 277. The van der Waals surface area contributed by atoms with Crippen molar-refractivity contribution in [3.63, 3.8) is 0 Å². The van der Waals surface area contributed by atoms with Gasteiger partial charge in [0, 0.05) is 0 Å². The Kier molecular flexibility index (Phi) is 3.07. The molecular formula is C12H17F. The number of halogens is 1. The molecule has 1 aromatic rings. The third-order valence-electron chi connectivity index (χ3n) is 2.39. The van der Waals surface area contributed by atoms with Crippen LogP contribution in [-0.4, -0.2) is 0 Å². The average molecular weight is 180 g/mol. The molecule has 0 saturated heterocycles. The van der Waals surface area contributed by atoms with Gasteiger partial charge in [-0.1, -0.05) is 26.0 Å². The molecule has 0 fully saturated rings. The van der Waals surface area contributed by atoms with Crippen molar-refractivity contribution < 1.29 is 4.39 Å². The molecule has 0 saturated carbocycles. The minimum Gasteiger partial charge on any atom is -0.246 e. The maximum atomic E-state index is 12.4. The highest BCUT2D eigenvalue weighted by atomic mass is 19.1. The maximum absolute atomic E-state index is 12.4. The summed E-state index contributed by atoms with van der Waals surface area (Å²) >= 11 is 0. The van der Waals surface area contributed by atoms with Gasteiger partial charge in [0.1, 0.15) is 6.67 Å². The Morgan fingerprint density at radius 3 is 1.92 bits per heavy atom. The molecule has 1 rings (SSSR count). The van der Waals surface area contributed by atoms with E-state index in [-0.39, 0.29) is 6.67 Å². The van der Waals surface area contributed by atoms with Gasteiger partial charge in [-0.15, -0.1) is 0 Å². The normalized spacial score (nSPS) is 10.9. The molecule has 0 spiro atoms. The predicted octanol–water partition coefficient (Wildman–Crippen LogP) is 3.90. The van der Waals surface area contributed by atoms with Crippen LogP contribution < -0.4 is 0 Å². The molecule has 13 heavy (non-hydrogen) atoms. The van der Waals surface area contributed by atoms with Gasteiger partial charge in [0.05, 0.1) is 0 Å². The third kappa shape index (κ3) is 2.09. The van der Waals surface area contributed by atoms with Crippen LogP contribution in [0.15, 0.2) is 12.1 Å². The Morgan fingerprint density at radius 2 is 1.62 bits per heavy atom. The van der Waals surface area contributed by atoms with Gasteiger partial charge in [0.15, 0.2) is 0 Å². The zero-order valence-corrected chi connectivity index (χ0v) is 8.82. The van der Waals surface area contributed by atoms with Crippen molar-refractivity contribution in [2.24, 2.45) is 0 Å². The first kappa shape index (κ1) is 10.2. The van der Waals surface area contributed by atoms with Gasteiger partial charge in [-0.25, -0.2) is 4.39 Å². The Labute approximate surface area is 79.8 Å². The molecule has 1 aromatic carbocycles. The van der Waals surface area contributed by atoms with Crippen LogP contribution in [0.3, 0.4) is 0 Å². The molecule has 0 amide bonds. The highest BCUT2D eigenvalue weighted by molar-refractivity contribution is 5.39. The second-order valence-corrected chi connectivity index (χ2v) is 3.93. The SMILES string of the molecule is Cc1cc(CF)cc(C)c1C(C)C. The van der Waals surface area contributed by atoms with Crippen molar-refractivity contribution in [2.45, 2.75) is 40.3 Å². The van der Waals surface area contributed by atoms with Crippen molar-refractivity contribution in [1.82, 2.24) is 0 Å². The largest absolute Gasteiger partial charge is 0.246 e. The van der Waals surface area contributed by atoms with E-state index in [4.69, 9.17) is 0 Å². The number of hydrogen-bond acceptors (Lipinski definition) is 0. The van der Waals surface area contributed by atoms with Crippen LogP contribution in [0.2, 0.25) is 0 Å². The number of alkyl halides is 1. The van der Waals surface area contributed by atoms with Crippen molar-refractivity contribution in [2.75, 3.05) is 0 Å². The van der Waals surface area contributed by atoms with E-state index in [0.717, 1.165) is 5.56 Å². The lowest BCUT2D eigenvalue weighted by Crippen LogP contribution is -1.97. The van der Waals surface area contributed by atoms with Crippen LogP contribution in [-0.2, 0) is 6.67 Å². The van der Waals surface area contributed by atoms with Crippen LogP contribution in [0.1, 0.15) is 42.0 Å². The number of benzene rings is 1. The minimum atomic E-state index is -0.361. The van der Waals surface area contributed by atoms with E-state index in [0.29, 0.717) is 5.92 Å². The zero-order chi connectivity index (χ0) is 10.0. The molecule has 0 aliphatic rings. The topological polar surface area (TPSA) is 0 Å². The number of rotatable bonds is 2. The summed E-state index contributed by atoms with van der Waals surface area (Å²) in [6.07, 6.45) is 0. The monoisotopic (exact) mass is 180 g/mol. The average Bonchev–Trinajstić information content (AvgIpc) is 2.02. The summed E-state index contributed by atoms with van der Waals surface area (Å²) in [7, 11) is 0. The summed E-state index contributed by atoms with van der Waals surface area (Å²) in [6, 6.07) is 3.89. The summed E-state index contributed by atoms with van der Waals surface area (Å²) in [5.74, 6) is 0.522. The van der Waals surface area contributed by atoms with Crippen LogP contribution >= 0.6 is 0 Å². The van der Waals surface area contributed by atoms with E-state index in [1.807, 2.05) is 12.1 Å². The first-order valence-corrected chi connectivity index (χ1v) is 4.72. The summed E-state index contributed by atoms with van der Waals surface area (Å²) in [6.45, 7) is 8.10. The van der Waals surface area contributed by atoms with Gasteiger partial charge < -0.3 is 0 Å². The lowest BCUT2D eigenvalue weighted by molar-refractivity contribution is 0.484. The molecule has 0 aromatic heterocycles. The molecule has 0 N–H and O–H groups in total. The first-order valence-electron chi connectivity index (χ1n) is 4.72. The molecule has 0 nitrogen and oxygen atoms in total. The van der Waals surface area contributed by atoms with Crippen molar-refractivity contribution in [1.29, 1.82) is 0 Å². The van der Waals surface area contributed by atoms with Gasteiger partial charge in [-0.2, -0.15) is 0 Å². The van der Waals surface area contributed by atoms with E-state index in [1.54, 1.807) is 0 Å². The maximum Gasteiger partial charge on any atom is 0.115 e. The van der Waals surface area contributed by atoms with E-state index >= 15 is 0 Å². The van der Waals surface area contributed by atoms with Gasteiger partial charge >= 0.3 is 0 Å². The predicted molar refractivity (Wildman–Crippen MR) is 54.8 cm³/mol. The number of hydrogen-bond donors (Lipinski definition) is 0. The fourth-order valence-electron chi connectivity index (χ4n) is 2.05. The third-order valence-corrected chi connectivity index (χ3v) is 2.39. The molecule has 1 heteroatoms. The van der Waals surface area contributed by atoms with Crippen LogP contribution in [0, 0.1) is 13.8 Å². The van der Waals surface area contributed by atoms with Crippen LogP contribution in [0.25, 0.3) is 0 Å². The molecule has 72 valence electrons. The summed E-state index contributed by atoms with van der Waals surface area (Å²) in [4.78, 5) is 0. The fraction of sp³-hybridized carbons (Fsp3) is 0.500. The van der Waals surface area contributed by atoms with Gasteiger partial charge in [-0.05, 0) is 42.0 Å². The van der Waals surface area contributed by atoms with Crippen LogP contribution in [0.4, 0.5) is 4.39 Å². The summed E-state index contributed by atoms with van der Waals surface area (Å²) in [5.41, 5.74) is 4.57. The zero-order valence-electron chi connectivity index (χ0n) is 8.82. The van der Waals surface area contributed by atoms with E-state index in [2.05, 4.69) is 27.7 Å². The highest BCUT2D eigenvalue weighted by Crippen LogP contribution is 2.24. The molecule has 0 unspecified atom stereocenters. The Morgan fingerprint density at radius 1 is 1.15 bits per heavy atom. The second-order valence-electron chi connectivity index (χ2n) is 3.93. The molecule has 0 bridgehead atoms. The van der Waals surface area contributed by atoms with E-state index < -0.39 is 0 Å². The van der Waals surface area contributed by atoms with Crippen LogP contribution in [0.5, 0.6) is 0 Å². The van der Waals surface area contributed by atoms with Gasteiger partial charge in [0.2, 0.25) is 0 Å². The number of aryl methyl sites for hydroxylation is 2. The quantitative estimate of drug-likeness (QED) is 0.647. The summed E-state index contributed by atoms with van der Waals surface area (Å²) < 4.78 is 12.4. The molecule has 0 heterocycles. The van der Waals surface area contributed by atoms with Crippen molar-refractivity contribution in [3.8, 4) is 0 Å². The molecule has 0 aliphatic heterocycles. The van der Waals surface area contributed by atoms with Gasteiger partial charge in [-0.3, -0.25) is 0 Å². The molecular weight excluding hydrogens is 163 g/mol. The molecule has 0 atom stereocenters. The standard InChI is InChI=1S/C12H17F/c1-8(2)12-9(3)5-11(7-13)6-10(12)4/h5-6,8H,7H2,1-4H3. The Hall–Kier alpha value is -0.850. The fourth-order valence-corrected chi connectivity index (χ4v) is 2.05. The minimum absolute atomic E-state index is 0.361. The second kappa shape index (κ2) is 3.91. The van der Waals surface area contributed by atoms with E-state index in [9.17, 15) is 4.39 Å². The van der Waals surface area contributed by atoms with Crippen molar-refractivity contribution >= 4 is 0 Å². The lowest BCUT2D eigenvalue weighted by atomic mass is 9.92. The van der Waals surface area contributed by atoms with Crippen molar-refractivity contribution in [3.05, 3.63) is 34.4 Å².